The molecule has 3 fully saturated rings. The number of rotatable bonds is 4. The minimum Gasteiger partial charge on any atom is -0.393 e. The number of hydrogen-bond donors (Lipinski definition) is 1. The van der Waals surface area contributed by atoms with Crippen molar-refractivity contribution >= 4 is 0 Å². The van der Waals surface area contributed by atoms with E-state index in [1.54, 1.807) is 0 Å². The van der Waals surface area contributed by atoms with E-state index >= 15 is 0 Å². The fraction of sp³-hybridized carbons (Fsp3) is 1.00. The van der Waals surface area contributed by atoms with Crippen molar-refractivity contribution in [2.45, 2.75) is 96.4 Å². The largest absolute Gasteiger partial charge is 0.393 e. The van der Waals surface area contributed by atoms with Gasteiger partial charge in [-0.1, -0.05) is 13.3 Å². The van der Waals surface area contributed by atoms with Crippen LogP contribution in [-0.4, -0.2) is 23.4 Å². The molecule has 0 aromatic heterocycles. The lowest BCUT2D eigenvalue weighted by molar-refractivity contribution is -0.140. The van der Waals surface area contributed by atoms with Crippen molar-refractivity contribution in [3.8, 4) is 0 Å². The number of aliphatic hydroxyl groups is 1. The molecule has 2 aliphatic carbocycles. The van der Waals surface area contributed by atoms with Gasteiger partial charge in [0.05, 0.1) is 18.3 Å². The molecule has 2 heteroatoms. The van der Waals surface area contributed by atoms with Crippen molar-refractivity contribution in [2.75, 3.05) is 0 Å². The third-order valence-electron chi connectivity index (χ3n) is 6.49. The third-order valence-corrected chi connectivity index (χ3v) is 6.49. The topological polar surface area (TPSA) is 29.5 Å². The van der Waals surface area contributed by atoms with Gasteiger partial charge >= 0.3 is 0 Å². The minimum absolute atomic E-state index is 0.153. The minimum atomic E-state index is -0.153. The second-order valence-electron chi connectivity index (χ2n) is 8.01. The molecule has 0 aromatic carbocycles. The van der Waals surface area contributed by atoms with Gasteiger partial charge in [0.15, 0.2) is 0 Å². The predicted octanol–water partition coefficient (Wildman–Crippen LogP) is 4.30. The van der Waals surface area contributed by atoms with Gasteiger partial charge in [-0.25, -0.2) is 0 Å². The van der Waals surface area contributed by atoms with E-state index in [9.17, 15) is 5.11 Å². The molecule has 0 radical (unpaired) electrons. The first-order chi connectivity index (χ1) is 9.58. The first kappa shape index (κ1) is 14.8. The molecule has 0 amide bonds. The normalized spacial score (nSPS) is 45.8. The average Bonchev–Trinajstić information content (AvgIpc) is 2.80. The Morgan fingerprint density at radius 2 is 2.05 bits per heavy atom. The molecule has 6 atom stereocenters. The number of hydrogen-bond acceptors (Lipinski definition) is 2. The molecule has 1 aliphatic heterocycles. The summed E-state index contributed by atoms with van der Waals surface area (Å²) in [5.41, 5.74) is 0.643. The van der Waals surface area contributed by atoms with Crippen LogP contribution in [0, 0.1) is 17.3 Å². The van der Waals surface area contributed by atoms with E-state index in [1.807, 2.05) is 6.92 Å². The van der Waals surface area contributed by atoms with E-state index in [4.69, 9.17) is 4.74 Å². The molecule has 1 saturated heterocycles. The fourth-order valence-electron chi connectivity index (χ4n) is 5.35. The van der Waals surface area contributed by atoms with E-state index in [2.05, 4.69) is 6.92 Å². The molecular weight excluding hydrogens is 248 g/mol. The Morgan fingerprint density at radius 3 is 2.85 bits per heavy atom. The molecular formula is C18H32O2. The lowest BCUT2D eigenvalue weighted by Gasteiger charge is -2.50. The summed E-state index contributed by atoms with van der Waals surface area (Å²) in [6.07, 6.45) is 13.7. The molecule has 0 aromatic rings. The van der Waals surface area contributed by atoms with E-state index in [0.717, 1.165) is 31.1 Å². The van der Waals surface area contributed by atoms with E-state index < -0.39 is 0 Å². The monoisotopic (exact) mass is 280 g/mol. The van der Waals surface area contributed by atoms with Crippen LogP contribution in [0.2, 0.25) is 0 Å². The van der Waals surface area contributed by atoms with Crippen LogP contribution < -0.4 is 0 Å². The summed E-state index contributed by atoms with van der Waals surface area (Å²) >= 11 is 0. The van der Waals surface area contributed by atoms with Gasteiger partial charge in [0.25, 0.3) is 0 Å². The molecule has 1 heterocycles. The molecule has 20 heavy (non-hydrogen) atoms. The Balaban J connectivity index is 1.52. The van der Waals surface area contributed by atoms with Crippen LogP contribution in [0.5, 0.6) is 0 Å². The van der Waals surface area contributed by atoms with Gasteiger partial charge in [-0.3, -0.25) is 0 Å². The maximum absolute atomic E-state index is 9.36. The second-order valence-corrected chi connectivity index (χ2v) is 8.01. The van der Waals surface area contributed by atoms with Crippen LogP contribution in [-0.2, 0) is 4.74 Å². The molecule has 0 spiro atoms. The third kappa shape index (κ3) is 2.92. The van der Waals surface area contributed by atoms with E-state index in [0.29, 0.717) is 17.6 Å². The molecule has 3 rings (SSSR count). The van der Waals surface area contributed by atoms with E-state index in [-0.39, 0.29) is 6.10 Å². The molecule has 116 valence electrons. The standard InChI is InChI=1S/C18H32O2/c1-13(19)5-3-6-14-8-9-15-16-7-4-11-18(16,2)12-10-17(15)20-14/h13-17,19H,3-12H2,1-2H3/t13-,14?,15?,16?,17?,18+/m1/s1. The van der Waals surface area contributed by atoms with Crippen LogP contribution in [0.1, 0.15) is 78.1 Å². The van der Waals surface area contributed by atoms with Crippen LogP contribution in [0.25, 0.3) is 0 Å². The highest BCUT2D eigenvalue weighted by Gasteiger charge is 2.50. The summed E-state index contributed by atoms with van der Waals surface area (Å²) < 4.78 is 6.44. The summed E-state index contributed by atoms with van der Waals surface area (Å²) in [6, 6.07) is 0. The first-order valence-electron chi connectivity index (χ1n) is 8.92. The van der Waals surface area contributed by atoms with E-state index in [1.165, 1.54) is 44.9 Å². The molecule has 2 nitrogen and oxygen atoms in total. The number of fused-ring (bicyclic) bond motifs is 3. The lowest BCUT2D eigenvalue weighted by Crippen LogP contribution is -2.46. The second kappa shape index (κ2) is 5.96. The Hall–Kier alpha value is -0.0800. The maximum atomic E-state index is 9.36. The summed E-state index contributed by atoms with van der Waals surface area (Å²) in [4.78, 5) is 0. The van der Waals surface area contributed by atoms with Crippen molar-refractivity contribution < 1.29 is 9.84 Å². The highest BCUT2D eigenvalue weighted by Crippen LogP contribution is 2.57. The van der Waals surface area contributed by atoms with Crippen molar-refractivity contribution in [1.29, 1.82) is 0 Å². The Bertz CT molecular complexity index is 327. The van der Waals surface area contributed by atoms with Gasteiger partial charge in [0.1, 0.15) is 0 Å². The van der Waals surface area contributed by atoms with Gasteiger partial charge in [0, 0.05) is 0 Å². The SMILES string of the molecule is C[C@@H](O)CCCC1CCC2C(CC[C@]3(C)CCCC23)O1. The predicted molar refractivity (Wildman–Crippen MR) is 81.6 cm³/mol. The summed E-state index contributed by atoms with van der Waals surface area (Å²) in [6.45, 7) is 4.43. The fourth-order valence-corrected chi connectivity index (χ4v) is 5.35. The van der Waals surface area contributed by atoms with Crippen molar-refractivity contribution in [3.05, 3.63) is 0 Å². The zero-order chi connectivity index (χ0) is 14.2. The zero-order valence-electron chi connectivity index (χ0n) is 13.3. The van der Waals surface area contributed by atoms with Gasteiger partial charge in [-0.2, -0.15) is 0 Å². The Morgan fingerprint density at radius 1 is 1.20 bits per heavy atom. The van der Waals surface area contributed by atoms with Crippen molar-refractivity contribution in [2.24, 2.45) is 17.3 Å². The number of aliphatic hydroxyl groups excluding tert-OH is 1. The lowest BCUT2D eigenvalue weighted by atomic mass is 9.61. The van der Waals surface area contributed by atoms with Crippen LogP contribution in [0.15, 0.2) is 0 Å². The Kier molecular flexibility index (Phi) is 4.42. The molecule has 0 bridgehead atoms. The summed E-state index contributed by atoms with van der Waals surface area (Å²) in [5.74, 6) is 1.80. The first-order valence-corrected chi connectivity index (χ1v) is 8.92. The highest BCUT2D eigenvalue weighted by atomic mass is 16.5. The number of ether oxygens (including phenoxy) is 1. The highest BCUT2D eigenvalue weighted by molar-refractivity contribution is 5.00. The van der Waals surface area contributed by atoms with Gasteiger partial charge < -0.3 is 9.84 Å². The van der Waals surface area contributed by atoms with Crippen LogP contribution >= 0.6 is 0 Å². The molecule has 3 aliphatic rings. The van der Waals surface area contributed by atoms with Crippen molar-refractivity contribution in [1.82, 2.24) is 0 Å². The van der Waals surface area contributed by atoms with Gasteiger partial charge in [-0.15, -0.1) is 0 Å². The van der Waals surface area contributed by atoms with Crippen molar-refractivity contribution in [3.63, 3.8) is 0 Å². The quantitative estimate of drug-likeness (QED) is 0.832. The maximum Gasteiger partial charge on any atom is 0.0610 e. The zero-order valence-corrected chi connectivity index (χ0v) is 13.3. The summed E-state index contributed by atoms with van der Waals surface area (Å²) in [5, 5.41) is 9.36. The molecule has 1 N–H and O–H groups in total. The molecule has 2 saturated carbocycles. The average molecular weight is 280 g/mol. The van der Waals surface area contributed by atoms with Gasteiger partial charge in [0.2, 0.25) is 0 Å². The van der Waals surface area contributed by atoms with Gasteiger partial charge in [-0.05, 0) is 82.0 Å². The van der Waals surface area contributed by atoms with Crippen LogP contribution in [0.3, 0.4) is 0 Å². The Labute approximate surface area is 124 Å². The summed E-state index contributed by atoms with van der Waals surface area (Å²) in [7, 11) is 0. The smallest absolute Gasteiger partial charge is 0.0610 e. The van der Waals surface area contributed by atoms with Crippen LogP contribution in [0.4, 0.5) is 0 Å². The molecule has 4 unspecified atom stereocenters.